The third-order valence-corrected chi connectivity index (χ3v) is 4.47. The van der Waals surface area contributed by atoms with Gasteiger partial charge in [-0.2, -0.15) is 0 Å². The molecule has 3 rings (SSSR count). The molecule has 0 saturated heterocycles. The summed E-state index contributed by atoms with van der Waals surface area (Å²) in [6, 6.07) is 18.4. The van der Waals surface area contributed by atoms with Gasteiger partial charge in [-0.05, 0) is 41.6 Å². The van der Waals surface area contributed by atoms with Crippen LogP contribution in [-0.2, 0) is 12.8 Å². The van der Waals surface area contributed by atoms with E-state index < -0.39 is 0 Å². The molecule has 0 saturated carbocycles. The van der Waals surface area contributed by atoms with Crippen molar-refractivity contribution in [2.45, 2.75) is 38.6 Å². The molecule has 0 fully saturated rings. The molecule has 1 N–H and O–H groups in total. The van der Waals surface area contributed by atoms with Crippen LogP contribution in [0.5, 0.6) is 0 Å². The van der Waals surface area contributed by atoms with Gasteiger partial charge in [0.05, 0.1) is 0 Å². The Morgan fingerprint density at radius 3 is 2.45 bits per heavy atom. The summed E-state index contributed by atoms with van der Waals surface area (Å²) in [5.41, 5.74) is 5.88. The molecular weight excluding hydrogens is 242 g/mol. The SMILES string of the molecule is CCNC(c1ccc(CC)cc1)C1Cc2ccccc21. The van der Waals surface area contributed by atoms with E-state index in [2.05, 4.69) is 67.7 Å². The fourth-order valence-electron chi connectivity index (χ4n) is 3.27. The minimum Gasteiger partial charge on any atom is -0.310 e. The van der Waals surface area contributed by atoms with Gasteiger partial charge in [0.2, 0.25) is 0 Å². The van der Waals surface area contributed by atoms with Gasteiger partial charge in [-0.25, -0.2) is 0 Å². The van der Waals surface area contributed by atoms with Crippen LogP contribution < -0.4 is 5.32 Å². The first-order valence-electron chi connectivity index (χ1n) is 7.73. The van der Waals surface area contributed by atoms with Crippen LogP contribution >= 0.6 is 0 Å². The minimum atomic E-state index is 0.445. The Kier molecular flexibility index (Phi) is 3.88. The summed E-state index contributed by atoms with van der Waals surface area (Å²) in [5, 5.41) is 3.68. The number of aryl methyl sites for hydroxylation is 1. The highest BCUT2D eigenvalue weighted by atomic mass is 14.9. The number of rotatable bonds is 5. The maximum Gasteiger partial charge on any atom is 0.0392 e. The van der Waals surface area contributed by atoms with E-state index in [1.165, 1.54) is 28.7 Å². The molecule has 104 valence electrons. The van der Waals surface area contributed by atoms with Crippen molar-refractivity contribution in [2.24, 2.45) is 0 Å². The molecule has 1 nitrogen and oxygen atoms in total. The first-order valence-corrected chi connectivity index (χ1v) is 7.73. The van der Waals surface area contributed by atoms with E-state index in [9.17, 15) is 0 Å². The van der Waals surface area contributed by atoms with Crippen molar-refractivity contribution < 1.29 is 0 Å². The molecule has 0 spiro atoms. The predicted octanol–water partition coefficient (Wildman–Crippen LogP) is 4.24. The molecule has 0 aromatic heterocycles. The molecule has 0 bridgehead atoms. The van der Waals surface area contributed by atoms with E-state index in [4.69, 9.17) is 0 Å². The van der Waals surface area contributed by atoms with Crippen molar-refractivity contribution in [3.8, 4) is 0 Å². The summed E-state index contributed by atoms with van der Waals surface area (Å²) in [6.45, 7) is 5.41. The number of fused-ring (bicyclic) bond motifs is 1. The lowest BCUT2D eigenvalue weighted by atomic mass is 9.71. The van der Waals surface area contributed by atoms with Crippen molar-refractivity contribution in [1.82, 2.24) is 5.32 Å². The zero-order valence-corrected chi connectivity index (χ0v) is 12.4. The van der Waals surface area contributed by atoms with Crippen molar-refractivity contribution >= 4 is 0 Å². The highest BCUT2D eigenvalue weighted by molar-refractivity contribution is 5.43. The normalized spacial score (nSPS) is 18.2. The van der Waals surface area contributed by atoms with Crippen molar-refractivity contribution in [1.29, 1.82) is 0 Å². The topological polar surface area (TPSA) is 12.0 Å². The summed E-state index contributed by atoms with van der Waals surface area (Å²) in [7, 11) is 0. The first-order chi connectivity index (χ1) is 9.83. The third-order valence-electron chi connectivity index (χ3n) is 4.47. The number of nitrogens with one attached hydrogen (secondary N) is 1. The Labute approximate surface area is 122 Å². The number of hydrogen-bond donors (Lipinski definition) is 1. The second-order valence-corrected chi connectivity index (χ2v) is 5.64. The van der Waals surface area contributed by atoms with E-state index >= 15 is 0 Å². The largest absolute Gasteiger partial charge is 0.310 e. The van der Waals surface area contributed by atoms with Gasteiger partial charge in [0.15, 0.2) is 0 Å². The lowest BCUT2D eigenvalue weighted by molar-refractivity contribution is 0.419. The Balaban J connectivity index is 1.86. The van der Waals surface area contributed by atoms with E-state index in [0.717, 1.165) is 13.0 Å². The lowest BCUT2D eigenvalue weighted by Crippen LogP contribution is -2.33. The van der Waals surface area contributed by atoms with Crippen LogP contribution in [-0.4, -0.2) is 6.54 Å². The standard InChI is InChI=1S/C19H23N/c1-3-14-9-11-15(12-10-14)19(20-4-2)18-13-16-7-5-6-8-17(16)18/h5-12,18-20H,3-4,13H2,1-2H3. The quantitative estimate of drug-likeness (QED) is 0.852. The molecule has 20 heavy (non-hydrogen) atoms. The molecule has 0 radical (unpaired) electrons. The average Bonchev–Trinajstić information content (AvgIpc) is 2.48. The number of benzene rings is 2. The fourth-order valence-corrected chi connectivity index (χ4v) is 3.27. The van der Waals surface area contributed by atoms with Crippen LogP contribution in [0.25, 0.3) is 0 Å². The van der Waals surface area contributed by atoms with E-state index in [1.54, 1.807) is 0 Å². The molecule has 2 aromatic carbocycles. The van der Waals surface area contributed by atoms with Gasteiger partial charge in [0.1, 0.15) is 0 Å². The summed E-state index contributed by atoms with van der Waals surface area (Å²) < 4.78 is 0. The maximum absolute atomic E-state index is 3.68. The first kappa shape index (κ1) is 13.4. The van der Waals surface area contributed by atoms with Gasteiger partial charge >= 0.3 is 0 Å². The van der Waals surface area contributed by atoms with Crippen LogP contribution in [0.3, 0.4) is 0 Å². The Morgan fingerprint density at radius 1 is 1.05 bits per heavy atom. The zero-order chi connectivity index (χ0) is 13.9. The van der Waals surface area contributed by atoms with Gasteiger partial charge in [0.25, 0.3) is 0 Å². The third kappa shape index (κ3) is 2.38. The predicted molar refractivity (Wildman–Crippen MR) is 85.1 cm³/mol. The molecule has 2 unspecified atom stereocenters. The fraction of sp³-hybridized carbons (Fsp3) is 0.368. The molecule has 0 aliphatic heterocycles. The van der Waals surface area contributed by atoms with Crippen LogP contribution in [0, 0.1) is 0 Å². The van der Waals surface area contributed by atoms with Gasteiger partial charge in [0, 0.05) is 12.0 Å². The highest BCUT2D eigenvalue weighted by Gasteiger charge is 2.32. The molecular formula is C19H23N. The molecule has 2 atom stereocenters. The van der Waals surface area contributed by atoms with Crippen LogP contribution in [0.2, 0.25) is 0 Å². The maximum atomic E-state index is 3.68. The second kappa shape index (κ2) is 5.80. The van der Waals surface area contributed by atoms with E-state index in [0.29, 0.717) is 12.0 Å². The Morgan fingerprint density at radius 2 is 1.80 bits per heavy atom. The van der Waals surface area contributed by atoms with Crippen molar-refractivity contribution in [2.75, 3.05) is 6.54 Å². The Hall–Kier alpha value is -1.60. The van der Waals surface area contributed by atoms with Gasteiger partial charge in [-0.1, -0.05) is 62.4 Å². The van der Waals surface area contributed by atoms with E-state index in [-0.39, 0.29) is 0 Å². The summed E-state index contributed by atoms with van der Waals surface area (Å²) in [5.74, 6) is 0.624. The summed E-state index contributed by atoms with van der Waals surface area (Å²) >= 11 is 0. The molecule has 1 aliphatic carbocycles. The minimum absolute atomic E-state index is 0.445. The van der Waals surface area contributed by atoms with Gasteiger partial charge < -0.3 is 5.32 Å². The number of likely N-dealkylation sites (N-methyl/N-ethyl adjacent to an activating group) is 1. The highest BCUT2D eigenvalue weighted by Crippen LogP contribution is 2.43. The lowest BCUT2D eigenvalue weighted by Gasteiger charge is -2.37. The summed E-state index contributed by atoms with van der Waals surface area (Å²) in [4.78, 5) is 0. The number of hydrogen-bond acceptors (Lipinski definition) is 1. The Bertz CT molecular complexity index is 571. The van der Waals surface area contributed by atoms with Crippen LogP contribution in [0.4, 0.5) is 0 Å². The average molecular weight is 265 g/mol. The zero-order valence-electron chi connectivity index (χ0n) is 12.4. The smallest absolute Gasteiger partial charge is 0.0392 e. The molecule has 0 amide bonds. The molecule has 1 heteroatoms. The van der Waals surface area contributed by atoms with Crippen LogP contribution in [0.15, 0.2) is 48.5 Å². The van der Waals surface area contributed by atoms with Gasteiger partial charge in [-0.3, -0.25) is 0 Å². The van der Waals surface area contributed by atoms with Crippen molar-refractivity contribution in [3.05, 3.63) is 70.8 Å². The van der Waals surface area contributed by atoms with Crippen molar-refractivity contribution in [3.63, 3.8) is 0 Å². The molecule has 2 aromatic rings. The van der Waals surface area contributed by atoms with Gasteiger partial charge in [-0.15, -0.1) is 0 Å². The second-order valence-electron chi connectivity index (χ2n) is 5.64. The summed E-state index contributed by atoms with van der Waals surface area (Å²) in [6.07, 6.45) is 2.31. The molecule has 0 heterocycles. The van der Waals surface area contributed by atoms with E-state index in [1.807, 2.05) is 0 Å². The van der Waals surface area contributed by atoms with Crippen LogP contribution in [0.1, 0.15) is 48.1 Å². The monoisotopic (exact) mass is 265 g/mol. The molecule has 1 aliphatic rings.